The third-order valence-corrected chi connectivity index (χ3v) is 9.83. The van der Waals surface area contributed by atoms with Gasteiger partial charge in [0, 0.05) is 23.7 Å². The maximum atomic E-state index is 14.0. The number of aliphatic hydroxyl groups excluding tert-OH is 1. The molecule has 2 bridgehead atoms. The Morgan fingerprint density at radius 1 is 0.909 bits per heavy atom. The fourth-order valence-electron chi connectivity index (χ4n) is 6.72. The Morgan fingerprint density at radius 2 is 1.48 bits per heavy atom. The van der Waals surface area contributed by atoms with E-state index in [2.05, 4.69) is 0 Å². The second-order valence-corrected chi connectivity index (χ2v) is 12.4. The van der Waals surface area contributed by atoms with Gasteiger partial charge in [0.05, 0.1) is 24.9 Å². The molecule has 0 amide bonds. The summed E-state index contributed by atoms with van der Waals surface area (Å²) in [6.07, 6.45) is -0.832. The summed E-state index contributed by atoms with van der Waals surface area (Å²) in [5.74, 6) is -2.23. The van der Waals surface area contributed by atoms with E-state index in [0.29, 0.717) is 25.2 Å². The Bertz CT molecular complexity index is 1370. The van der Waals surface area contributed by atoms with E-state index in [4.69, 9.17) is 28.8 Å². The molecule has 2 unspecified atom stereocenters. The monoisotopic (exact) mass is 614 g/mol. The third-order valence-electron chi connectivity index (χ3n) is 9.83. The normalized spacial score (nSPS) is 25.5. The molecule has 1 aliphatic heterocycles. The number of carboxylic acids is 1. The van der Waals surface area contributed by atoms with Gasteiger partial charge in [0.2, 0.25) is 0 Å². The average molecular weight is 615 g/mol. The number of methoxy groups -OCH3 is 1. The van der Waals surface area contributed by atoms with Crippen LogP contribution in [0, 0.1) is 16.2 Å². The summed E-state index contributed by atoms with van der Waals surface area (Å²) < 4.78 is 26.9. The van der Waals surface area contributed by atoms with Crippen molar-refractivity contribution in [3.63, 3.8) is 0 Å². The Kier molecular flexibility index (Phi) is 9.60. The van der Waals surface area contributed by atoms with E-state index in [1.165, 1.54) is 0 Å². The summed E-state index contributed by atoms with van der Waals surface area (Å²) in [4.78, 5) is 50.3. The molecule has 1 saturated heterocycles. The Morgan fingerprint density at radius 3 is 2.07 bits per heavy atom. The second-order valence-electron chi connectivity index (χ2n) is 12.4. The number of carbonyl (C=O) groups excluding carboxylic acids is 3. The van der Waals surface area contributed by atoms with Crippen LogP contribution in [0.4, 0.5) is 0 Å². The molecule has 0 radical (unpaired) electrons. The number of esters is 3. The predicted molar refractivity (Wildman–Crippen MR) is 157 cm³/mol. The van der Waals surface area contributed by atoms with E-state index in [0.717, 1.165) is 16.7 Å². The molecule has 3 aliphatic rings. The van der Waals surface area contributed by atoms with Crippen LogP contribution in [0.15, 0.2) is 41.0 Å². The van der Waals surface area contributed by atoms with Gasteiger partial charge in [-0.25, -0.2) is 9.59 Å². The van der Waals surface area contributed by atoms with Gasteiger partial charge in [0.25, 0.3) is 0 Å². The first-order valence-electron chi connectivity index (χ1n) is 14.8. The number of ether oxygens (including phenoxy) is 5. The summed E-state index contributed by atoms with van der Waals surface area (Å²) in [6, 6.07) is 7.54. The zero-order chi connectivity index (χ0) is 32.4. The van der Waals surface area contributed by atoms with Crippen LogP contribution in [0.25, 0.3) is 5.57 Å². The van der Waals surface area contributed by atoms with Gasteiger partial charge in [-0.15, -0.1) is 0 Å². The van der Waals surface area contributed by atoms with Crippen LogP contribution in [-0.4, -0.2) is 79.8 Å². The summed E-state index contributed by atoms with van der Waals surface area (Å²) in [6.45, 7) is 9.62. The minimum Gasteiger partial charge on any atom is -0.497 e. The van der Waals surface area contributed by atoms with Gasteiger partial charge < -0.3 is 33.9 Å². The lowest BCUT2D eigenvalue weighted by atomic mass is 9.59. The topological polar surface area (TPSA) is 158 Å². The van der Waals surface area contributed by atoms with Crippen molar-refractivity contribution in [2.45, 2.75) is 72.5 Å². The van der Waals surface area contributed by atoms with Crippen LogP contribution in [0.5, 0.6) is 5.75 Å². The standard InChI is InChI=1S/C33H42O11/c1-19-26(20-11-13-22(40-6)14-12-20)33(5)28(27(32(19,4)31(33,2)3)29(38)44-18-23-17-41-23)30(39)43-16-21(34)15-42-25(37)10-8-7-9-24(35)36/h11-14,21,23,34H,7-10,15-18H2,1-6H3,(H,35,36)/t21?,23?,32-,33+/m0/s1. The number of hydrogen-bond acceptors (Lipinski definition) is 10. The van der Waals surface area contributed by atoms with Crippen molar-refractivity contribution in [3.05, 3.63) is 46.5 Å². The number of carbonyl (C=O) groups is 4. The van der Waals surface area contributed by atoms with Crippen molar-refractivity contribution < 1.29 is 53.1 Å². The average Bonchev–Trinajstić information content (AvgIpc) is 3.78. The summed E-state index contributed by atoms with van der Waals surface area (Å²) in [7, 11) is 1.59. The molecule has 1 heterocycles. The first-order valence-corrected chi connectivity index (χ1v) is 14.8. The van der Waals surface area contributed by atoms with Crippen molar-refractivity contribution in [2.75, 3.05) is 33.5 Å². The smallest absolute Gasteiger partial charge is 0.335 e. The van der Waals surface area contributed by atoms with Gasteiger partial charge in [-0.2, -0.15) is 0 Å². The van der Waals surface area contributed by atoms with E-state index in [1.807, 2.05) is 58.9 Å². The van der Waals surface area contributed by atoms with Gasteiger partial charge in [0.1, 0.15) is 37.8 Å². The van der Waals surface area contributed by atoms with Crippen molar-refractivity contribution >= 4 is 29.5 Å². The molecule has 4 atom stereocenters. The SMILES string of the molecule is COc1ccc(C2=C(C)[C@@]3(C)C(C(=O)OCC4CO4)=C(C(=O)OCC(O)COC(=O)CCCCC(=O)O)[C@]2(C)C3(C)C)cc1. The maximum Gasteiger partial charge on any atom is 0.335 e. The van der Waals surface area contributed by atoms with Crippen molar-refractivity contribution in [1.29, 1.82) is 0 Å². The molecule has 2 aliphatic carbocycles. The van der Waals surface area contributed by atoms with Crippen molar-refractivity contribution in [3.8, 4) is 5.75 Å². The molecule has 2 N–H and O–H groups in total. The molecule has 0 spiro atoms. The highest BCUT2D eigenvalue weighted by atomic mass is 16.6. The number of fused-ring (bicyclic) bond motifs is 2. The number of benzene rings is 1. The first kappa shape index (κ1) is 33.2. The second kappa shape index (κ2) is 12.7. The molecule has 0 saturated carbocycles. The van der Waals surface area contributed by atoms with Crippen LogP contribution < -0.4 is 4.74 Å². The number of carboxylic acid groups (broad SMARTS) is 1. The van der Waals surface area contributed by atoms with Crippen molar-refractivity contribution in [1.82, 2.24) is 0 Å². The van der Waals surface area contributed by atoms with Crippen LogP contribution in [-0.2, 0) is 38.1 Å². The lowest BCUT2D eigenvalue weighted by Crippen LogP contribution is -2.39. The molecule has 11 heteroatoms. The molecule has 1 aromatic carbocycles. The quantitative estimate of drug-likeness (QED) is 0.128. The molecule has 0 aromatic heterocycles. The maximum absolute atomic E-state index is 14.0. The minimum absolute atomic E-state index is 0.00981. The molecule has 44 heavy (non-hydrogen) atoms. The van der Waals surface area contributed by atoms with E-state index in [-0.39, 0.29) is 36.7 Å². The highest BCUT2D eigenvalue weighted by Gasteiger charge is 2.73. The van der Waals surface area contributed by atoms with Crippen LogP contribution >= 0.6 is 0 Å². The first-order chi connectivity index (χ1) is 20.7. The number of epoxide rings is 1. The Hall–Kier alpha value is -3.70. The molecule has 1 aromatic rings. The van der Waals surface area contributed by atoms with Gasteiger partial charge in [-0.1, -0.05) is 45.4 Å². The number of aliphatic hydroxyl groups is 1. The van der Waals surface area contributed by atoms with Gasteiger partial charge in [0.15, 0.2) is 0 Å². The summed E-state index contributed by atoms with van der Waals surface area (Å²) in [5.41, 5.74) is 0.597. The Balaban J connectivity index is 1.57. The molecule has 1 fully saturated rings. The lowest BCUT2D eigenvalue weighted by Gasteiger charge is -2.42. The van der Waals surface area contributed by atoms with Crippen molar-refractivity contribution in [2.24, 2.45) is 16.2 Å². The number of allylic oxidation sites excluding steroid dienone is 2. The van der Waals surface area contributed by atoms with E-state index in [9.17, 15) is 24.3 Å². The Labute approximate surface area is 257 Å². The lowest BCUT2D eigenvalue weighted by molar-refractivity contribution is -0.151. The van der Waals surface area contributed by atoms with Gasteiger partial charge >= 0.3 is 23.9 Å². The highest BCUT2D eigenvalue weighted by Crippen LogP contribution is 2.77. The zero-order valence-corrected chi connectivity index (χ0v) is 26.2. The fraction of sp³-hybridized carbons (Fsp3) is 0.576. The van der Waals surface area contributed by atoms with E-state index >= 15 is 0 Å². The third kappa shape index (κ3) is 5.87. The molecular formula is C33H42O11. The molecular weight excluding hydrogens is 572 g/mol. The van der Waals surface area contributed by atoms with Gasteiger partial charge in [-0.3, -0.25) is 9.59 Å². The minimum atomic E-state index is -1.31. The van der Waals surface area contributed by atoms with Crippen LogP contribution in [0.1, 0.15) is 65.9 Å². The van der Waals surface area contributed by atoms with Gasteiger partial charge in [-0.05, 0) is 48.4 Å². The number of aliphatic carboxylic acids is 1. The molecule has 4 rings (SSSR count). The van der Waals surface area contributed by atoms with Crippen LogP contribution in [0.2, 0.25) is 0 Å². The fourth-order valence-corrected chi connectivity index (χ4v) is 6.72. The molecule has 11 nitrogen and oxygen atoms in total. The summed E-state index contributed by atoms with van der Waals surface area (Å²) >= 11 is 0. The molecule has 240 valence electrons. The summed E-state index contributed by atoms with van der Waals surface area (Å²) in [5, 5.41) is 19.2. The highest BCUT2D eigenvalue weighted by molar-refractivity contribution is 6.10. The van der Waals surface area contributed by atoms with E-state index < -0.39 is 59.4 Å². The van der Waals surface area contributed by atoms with Crippen LogP contribution in [0.3, 0.4) is 0 Å². The van der Waals surface area contributed by atoms with E-state index in [1.54, 1.807) is 7.11 Å². The largest absolute Gasteiger partial charge is 0.497 e. The number of rotatable bonds is 15. The zero-order valence-electron chi connectivity index (χ0n) is 26.2. The predicted octanol–water partition coefficient (Wildman–Crippen LogP) is 3.87. The number of unbranched alkanes of at least 4 members (excludes halogenated alkanes) is 1. The number of hydrogen-bond donors (Lipinski definition) is 2.